The van der Waals surface area contributed by atoms with Crippen LogP contribution >= 0.6 is 22.5 Å². The van der Waals surface area contributed by atoms with E-state index in [1.807, 2.05) is 18.2 Å². The molecule has 0 saturated carbocycles. The van der Waals surface area contributed by atoms with Crippen LogP contribution < -0.4 is 5.32 Å². The van der Waals surface area contributed by atoms with Crippen LogP contribution in [-0.4, -0.2) is 18.6 Å². The van der Waals surface area contributed by atoms with E-state index in [4.69, 9.17) is 0 Å². The molecule has 0 unspecified atom stereocenters. The summed E-state index contributed by atoms with van der Waals surface area (Å²) in [5, 5.41) is 3.16. The van der Waals surface area contributed by atoms with E-state index in [2.05, 4.69) is 17.0 Å². The molecule has 0 atom stereocenters. The number of aldehydes is 1. The fourth-order valence-corrected chi connectivity index (χ4v) is 1.46. The molecule has 1 N–H and O–H groups in total. The van der Waals surface area contributed by atoms with Gasteiger partial charge in [-0.2, -0.15) is 0 Å². The molecule has 0 aliphatic rings. The molecule has 70 valence electrons. The molecule has 0 bridgehead atoms. The predicted octanol–water partition coefficient (Wildman–Crippen LogP) is 2.49. The monoisotopic (exact) mass is 213 g/mol. The number of hydrogen-bond donors (Lipinski definition) is 2. The van der Waals surface area contributed by atoms with Crippen LogP contribution in [0.3, 0.4) is 0 Å². The van der Waals surface area contributed by atoms with Crippen LogP contribution in [0.15, 0.2) is 24.3 Å². The summed E-state index contributed by atoms with van der Waals surface area (Å²) in [6, 6.07) is 7.45. The van der Waals surface area contributed by atoms with Crippen molar-refractivity contribution in [3.63, 3.8) is 0 Å². The normalized spacial score (nSPS) is 9.62. The Labute approximate surface area is 86.9 Å². The first-order chi connectivity index (χ1) is 6.38. The molecule has 0 fully saturated rings. The number of hydrogen-bond acceptors (Lipinski definition) is 4. The minimum absolute atomic E-state index is 0.701. The highest BCUT2D eigenvalue weighted by atomic mass is 33.1. The molecular formula is C9H11NOS2. The Kier molecular flexibility index (Phi) is 4.78. The molecule has 0 aliphatic heterocycles. The van der Waals surface area contributed by atoms with Crippen molar-refractivity contribution < 1.29 is 4.79 Å². The first-order valence-electron chi connectivity index (χ1n) is 3.93. The van der Waals surface area contributed by atoms with Crippen molar-refractivity contribution in [3.8, 4) is 0 Å². The smallest absolute Gasteiger partial charge is 0.152 e. The van der Waals surface area contributed by atoms with Gasteiger partial charge in [0, 0.05) is 23.5 Å². The zero-order chi connectivity index (χ0) is 9.52. The lowest BCUT2D eigenvalue weighted by atomic mass is 10.2. The van der Waals surface area contributed by atoms with E-state index in [0.717, 1.165) is 24.3 Å². The zero-order valence-corrected chi connectivity index (χ0v) is 8.78. The number of benzene rings is 1. The predicted molar refractivity (Wildman–Crippen MR) is 61.8 cm³/mol. The van der Waals surface area contributed by atoms with Crippen molar-refractivity contribution in [3.05, 3.63) is 29.8 Å². The molecule has 0 heterocycles. The van der Waals surface area contributed by atoms with E-state index < -0.39 is 0 Å². The molecule has 2 nitrogen and oxygen atoms in total. The first-order valence-corrected chi connectivity index (χ1v) is 5.96. The SMILES string of the molecule is O=Cc1ccccc1NCCSS. The second-order valence-corrected chi connectivity index (χ2v) is 3.91. The van der Waals surface area contributed by atoms with Crippen molar-refractivity contribution in [2.24, 2.45) is 0 Å². The topological polar surface area (TPSA) is 29.1 Å². The second kappa shape index (κ2) is 5.94. The van der Waals surface area contributed by atoms with E-state index in [-0.39, 0.29) is 0 Å². The first kappa shape index (κ1) is 10.5. The van der Waals surface area contributed by atoms with E-state index in [1.165, 1.54) is 10.8 Å². The Hall–Kier alpha value is -0.610. The van der Waals surface area contributed by atoms with Gasteiger partial charge in [0.25, 0.3) is 0 Å². The van der Waals surface area contributed by atoms with Crippen molar-refractivity contribution in [1.29, 1.82) is 0 Å². The van der Waals surface area contributed by atoms with Crippen LogP contribution in [0, 0.1) is 0 Å². The van der Waals surface area contributed by atoms with Crippen LogP contribution in [-0.2, 0) is 0 Å². The lowest BCUT2D eigenvalue weighted by molar-refractivity contribution is 0.112. The summed E-state index contributed by atoms with van der Waals surface area (Å²) in [6.45, 7) is 0.818. The molecule has 1 aromatic rings. The van der Waals surface area contributed by atoms with Crippen LogP contribution in [0.25, 0.3) is 0 Å². The highest BCUT2D eigenvalue weighted by molar-refractivity contribution is 8.68. The molecule has 13 heavy (non-hydrogen) atoms. The van der Waals surface area contributed by atoms with Gasteiger partial charge in [0.2, 0.25) is 0 Å². The molecule has 0 aliphatic carbocycles. The molecule has 1 aromatic carbocycles. The van der Waals surface area contributed by atoms with E-state index in [9.17, 15) is 4.79 Å². The van der Waals surface area contributed by atoms with E-state index in [1.54, 1.807) is 6.07 Å². The van der Waals surface area contributed by atoms with E-state index in [0.29, 0.717) is 5.56 Å². The van der Waals surface area contributed by atoms with Gasteiger partial charge in [-0.1, -0.05) is 22.9 Å². The Morgan fingerprint density at radius 1 is 1.46 bits per heavy atom. The summed E-state index contributed by atoms with van der Waals surface area (Å²) in [5.74, 6) is 0.913. The molecule has 0 saturated heterocycles. The van der Waals surface area contributed by atoms with Gasteiger partial charge in [0.1, 0.15) is 0 Å². The van der Waals surface area contributed by atoms with Crippen molar-refractivity contribution in [2.45, 2.75) is 0 Å². The quantitative estimate of drug-likeness (QED) is 0.341. The van der Waals surface area contributed by atoms with Gasteiger partial charge in [0.15, 0.2) is 6.29 Å². The zero-order valence-electron chi connectivity index (χ0n) is 7.06. The molecule has 0 aromatic heterocycles. The fourth-order valence-electron chi connectivity index (χ4n) is 0.992. The molecule has 0 spiro atoms. The number of carbonyl (C=O) groups is 1. The Bertz CT molecular complexity index is 278. The minimum Gasteiger partial charge on any atom is -0.384 e. The Morgan fingerprint density at radius 3 is 2.92 bits per heavy atom. The number of carbonyl (C=O) groups excluding carboxylic acids is 1. The summed E-state index contributed by atoms with van der Waals surface area (Å²) in [4.78, 5) is 10.6. The lowest BCUT2D eigenvalue weighted by Gasteiger charge is -2.06. The van der Waals surface area contributed by atoms with Gasteiger partial charge in [-0.05, 0) is 12.1 Å². The maximum absolute atomic E-state index is 10.6. The van der Waals surface area contributed by atoms with Crippen LogP contribution in [0.1, 0.15) is 10.4 Å². The highest BCUT2D eigenvalue weighted by Gasteiger charge is 1.97. The van der Waals surface area contributed by atoms with Gasteiger partial charge in [-0.15, -0.1) is 11.7 Å². The van der Waals surface area contributed by atoms with Crippen LogP contribution in [0.2, 0.25) is 0 Å². The van der Waals surface area contributed by atoms with Crippen molar-refractivity contribution in [1.82, 2.24) is 0 Å². The molecule has 1 rings (SSSR count). The largest absolute Gasteiger partial charge is 0.384 e. The number of rotatable bonds is 5. The minimum atomic E-state index is 0.701. The third-order valence-corrected chi connectivity index (χ3v) is 2.53. The van der Waals surface area contributed by atoms with Crippen LogP contribution in [0.4, 0.5) is 5.69 Å². The number of nitrogens with one attached hydrogen (secondary N) is 1. The van der Waals surface area contributed by atoms with E-state index >= 15 is 0 Å². The lowest BCUT2D eigenvalue weighted by Crippen LogP contribution is -2.05. The molecule has 4 heteroatoms. The third kappa shape index (κ3) is 3.32. The number of thiol groups is 1. The highest BCUT2D eigenvalue weighted by Crippen LogP contribution is 2.12. The van der Waals surface area contributed by atoms with Gasteiger partial charge >= 0.3 is 0 Å². The number of para-hydroxylation sites is 1. The molecule has 0 radical (unpaired) electrons. The van der Waals surface area contributed by atoms with Gasteiger partial charge in [-0.3, -0.25) is 4.79 Å². The summed E-state index contributed by atoms with van der Waals surface area (Å²) in [5.41, 5.74) is 1.59. The van der Waals surface area contributed by atoms with Crippen molar-refractivity contribution in [2.75, 3.05) is 17.6 Å². The standard InChI is InChI=1S/C9H11NOS2/c11-7-8-3-1-2-4-9(8)10-5-6-13-12/h1-4,7,10,12H,5-6H2. The second-order valence-electron chi connectivity index (χ2n) is 2.47. The molecular weight excluding hydrogens is 202 g/mol. The van der Waals surface area contributed by atoms with Gasteiger partial charge < -0.3 is 5.32 Å². The summed E-state index contributed by atoms with van der Waals surface area (Å²) >= 11 is 4.02. The van der Waals surface area contributed by atoms with Gasteiger partial charge in [0.05, 0.1) is 0 Å². The summed E-state index contributed by atoms with van der Waals surface area (Å²) in [6.07, 6.45) is 0.857. The maximum atomic E-state index is 10.6. The number of anilines is 1. The van der Waals surface area contributed by atoms with Crippen molar-refractivity contribution >= 4 is 34.4 Å². The molecule has 0 amide bonds. The van der Waals surface area contributed by atoms with Crippen LogP contribution in [0.5, 0.6) is 0 Å². The third-order valence-electron chi connectivity index (χ3n) is 1.60. The Balaban J connectivity index is 2.59. The summed E-state index contributed by atoms with van der Waals surface area (Å²) < 4.78 is 0. The maximum Gasteiger partial charge on any atom is 0.152 e. The summed E-state index contributed by atoms with van der Waals surface area (Å²) in [7, 11) is 1.48. The fraction of sp³-hybridized carbons (Fsp3) is 0.222. The van der Waals surface area contributed by atoms with Gasteiger partial charge in [-0.25, -0.2) is 0 Å². The average Bonchev–Trinajstić information content (AvgIpc) is 2.19. The Morgan fingerprint density at radius 2 is 2.23 bits per heavy atom. The average molecular weight is 213 g/mol.